The number of nitrogens with zero attached hydrogens (tertiary/aromatic N) is 1. The molecule has 1 aliphatic heterocycles. The van der Waals surface area contributed by atoms with Crippen LogP contribution >= 0.6 is 0 Å². The molecule has 1 saturated heterocycles. The van der Waals surface area contributed by atoms with E-state index in [0.29, 0.717) is 18.7 Å². The standard InChI is InChI=1S/C15H21NO3/c1-11(2)15(18)9-16(10-15)8-12-5-4-6-13(7-12)14(17)19-3/h4-7,11,18H,8-10H2,1-3H3. The summed E-state index contributed by atoms with van der Waals surface area (Å²) in [6.07, 6.45) is 0. The van der Waals surface area contributed by atoms with E-state index in [1.54, 1.807) is 6.07 Å². The van der Waals surface area contributed by atoms with Gasteiger partial charge in [-0.1, -0.05) is 26.0 Å². The lowest BCUT2D eigenvalue weighted by Crippen LogP contribution is -2.63. The largest absolute Gasteiger partial charge is 0.465 e. The van der Waals surface area contributed by atoms with Crippen molar-refractivity contribution >= 4 is 5.97 Å². The number of esters is 1. The van der Waals surface area contributed by atoms with E-state index >= 15 is 0 Å². The van der Waals surface area contributed by atoms with E-state index in [9.17, 15) is 9.90 Å². The molecule has 4 heteroatoms. The Balaban J connectivity index is 1.97. The lowest BCUT2D eigenvalue weighted by atomic mass is 9.83. The van der Waals surface area contributed by atoms with Gasteiger partial charge in [-0.25, -0.2) is 4.79 Å². The molecular formula is C15H21NO3. The first-order valence-electron chi connectivity index (χ1n) is 6.56. The van der Waals surface area contributed by atoms with Gasteiger partial charge in [-0.05, 0) is 23.6 Å². The Labute approximate surface area is 114 Å². The molecule has 1 heterocycles. The average Bonchev–Trinajstić information content (AvgIpc) is 2.36. The second-order valence-electron chi connectivity index (χ2n) is 5.60. The molecule has 1 aromatic rings. The van der Waals surface area contributed by atoms with Gasteiger partial charge in [0, 0.05) is 19.6 Å². The van der Waals surface area contributed by atoms with E-state index in [-0.39, 0.29) is 11.9 Å². The molecule has 0 amide bonds. The molecule has 1 fully saturated rings. The number of benzene rings is 1. The van der Waals surface area contributed by atoms with Crippen molar-refractivity contribution in [3.05, 3.63) is 35.4 Å². The lowest BCUT2D eigenvalue weighted by molar-refractivity contribution is -0.130. The van der Waals surface area contributed by atoms with E-state index in [1.807, 2.05) is 32.0 Å². The number of rotatable bonds is 4. The van der Waals surface area contributed by atoms with E-state index in [4.69, 9.17) is 4.74 Å². The van der Waals surface area contributed by atoms with Gasteiger partial charge in [0.25, 0.3) is 0 Å². The van der Waals surface area contributed by atoms with Crippen molar-refractivity contribution < 1.29 is 14.6 Å². The summed E-state index contributed by atoms with van der Waals surface area (Å²) in [5.41, 5.74) is 1.08. The highest BCUT2D eigenvalue weighted by atomic mass is 16.5. The molecule has 104 valence electrons. The fourth-order valence-corrected chi connectivity index (χ4v) is 2.38. The van der Waals surface area contributed by atoms with Crippen LogP contribution in [0.1, 0.15) is 29.8 Å². The molecule has 0 aliphatic carbocycles. The highest BCUT2D eigenvalue weighted by Gasteiger charge is 2.43. The number of likely N-dealkylation sites (tertiary alicyclic amines) is 1. The normalized spacial score (nSPS) is 18.2. The Morgan fingerprint density at radius 2 is 2.16 bits per heavy atom. The van der Waals surface area contributed by atoms with Crippen LogP contribution in [-0.2, 0) is 11.3 Å². The maximum Gasteiger partial charge on any atom is 0.337 e. The van der Waals surface area contributed by atoms with Crippen LogP contribution in [0.4, 0.5) is 0 Å². The number of carbonyl (C=O) groups is 1. The molecule has 0 spiro atoms. The van der Waals surface area contributed by atoms with Crippen molar-refractivity contribution in [3.63, 3.8) is 0 Å². The quantitative estimate of drug-likeness (QED) is 0.840. The summed E-state index contributed by atoms with van der Waals surface area (Å²) in [5, 5.41) is 10.2. The topological polar surface area (TPSA) is 49.8 Å². The Morgan fingerprint density at radius 3 is 2.74 bits per heavy atom. The minimum atomic E-state index is -0.556. The van der Waals surface area contributed by atoms with Gasteiger partial charge in [0.2, 0.25) is 0 Å². The average molecular weight is 263 g/mol. The van der Waals surface area contributed by atoms with Crippen LogP contribution in [0.3, 0.4) is 0 Å². The second kappa shape index (κ2) is 5.31. The Kier molecular flexibility index (Phi) is 3.92. The predicted molar refractivity (Wildman–Crippen MR) is 72.8 cm³/mol. The third kappa shape index (κ3) is 2.96. The molecule has 0 atom stereocenters. The van der Waals surface area contributed by atoms with Crippen LogP contribution in [0.25, 0.3) is 0 Å². The van der Waals surface area contributed by atoms with Crippen LogP contribution in [0, 0.1) is 5.92 Å². The number of aliphatic hydroxyl groups is 1. The van der Waals surface area contributed by atoms with Crippen molar-refractivity contribution in [2.75, 3.05) is 20.2 Å². The molecule has 0 unspecified atom stereocenters. The van der Waals surface area contributed by atoms with Gasteiger partial charge in [0.15, 0.2) is 0 Å². The number of carbonyl (C=O) groups excluding carboxylic acids is 1. The molecule has 1 aromatic carbocycles. The number of ether oxygens (including phenoxy) is 1. The van der Waals surface area contributed by atoms with Crippen LogP contribution in [0.5, 0.6) is 0 Å². The second-order valence-corrected chi connectivity index (χ2v) is 5.60. The van der Waals surface area contributed by atoms with Crippen molar-refractivity contribution in [2.45, 2.75) is 26.0 Å². The zero-order valence-corrected chi connectivity index (χ0v) is 11.7. The molecule has 0 saturated carbocycles. The van der Waals surface area contributed by atoms with Gasteiger partial charge in [-0.15, -0.1) is 0 Å². The summed E-state index contributed by atoms with van der Waals surface area (Å²) in [6.45, 7) is 6.20. The molecule has 0 bridgehead atoms. The van der Waals surface area contributed by atoms with Crippen LogP contribution in [0.2, 0.25) is 0 Å². The van der Waals surface area contributed by atoms with Crippen molar-refractivity contribution in [1.82, 2.24) is 4.90 Å². The predicted octanol–water partition coefficient (Wildman–Crippen LogP) is 1.68. The van der Waals surface area contributed by atoms with Crippen molar-refractivity contribution in [3.8, 4) is 0 Å². The summed E-state index contributed by atoms with van der Waals surface area (Å²) in [6, 6.07) is 7.43. The van der Waals surface area contributed by atoms with Crippen molar-refractivity contribution in [2.24, 2.45) is 5.92 Å². The minimum Gasteiger partial charge on any atom is -0.465 e. The van der Waals surface area contributed by atoms with Gasteiger partial charge < -0.3 is 9.84 Å². The highest BCUT2D eigenvalue weighted by Crippen LogP contribution is 2.29. The third-order valence-corrected chi connectivity index (χ3v) is 3.82. The summed E-state index contributed by atoms with van der Waals surface area (Å²) >= 11 is 0. The first kappa shape index (κ1) is 14.0. The molecule has 2 rings (SSSR count). The molecule has 4 nitrogen and oxygen atoms in total. The fraction of sp³-hybridized carbons (Fsp3) is 0.533. The SMILES string of the molecule is COC(=O)c1cccc(CN2CC(O)(C(C)C)C2)c1. The molecule has 19 heavy (non-hydrogen) atoms. The zero-order valence-electron chi connectivity index (χ0n) is 11.7. The van der Waals surface area contributed by atoms with E-state index < -0.39 is 5.60 Å². The van der Waals surface area contributed by atoms with E-state index in [1.165, 1.54) is 7.11 Å². The third-order valence-electron chi connectivity index (χ3n) is 3.82. The Bertz CT molecular complexity index is 464. The number of methoxy groups -OCH3 is 1. The molecular weight excluding hydrogens is 242 g/mol. The van der Waals surface area contributed by atoms with E-state index in [0.717, 1.165) is 12.1 Å². The first-order valence-corrected chi connectivity index (χ1v) is 6.56. The number of β-amino-alcohol motifs (C(OH)–C–C–N with tert-alkyl or cyclic N) is 1. The summed E-state index contributed by atoms with van der Waals surface area (Å²) < 4.78 is 4.71. The zero-order chi connectivity index (χ0) is 14.0. The maximum absolute atomic E-state index is 11.5. The molecule has 0 radical (unpaired) electrons. The summed E-state index contributed by atoms with van der Waals surface area (Å²) in [5.74, 6) is -0.0469. The van der Waals surface area contributed by atoms with Crippen LogP contribution in [-0.4, -0.2) is 41.8 Å². The molecule has 1 N–H and O–H groups in total. The monoisotopic (exact) mass is 263 g/mol. The highest BCUT2D eigenvalue weighted by molar-refractivity contribution is 5.89. The number of hydrogen-bond donors (Lipinski definition) is 1. The fourth-order valence-electron chi connectivity index (χ4n) is 2.38. The first-order chi connectivity index (χ1) is 8.94. The Morgan fingerprint density at radius 1 is 1.47 bits per heavy atom. The Hall–Kier alpha value is -1.39. The van der Waals surface area contributed by atoms with Crippen LogP contribution in [0.15, 0.2) is 24.3 Å². The maximum atomic E-state index is 11.5. The summed E-state index contributed by atoms with van der Waals surface area (Å²) in [4.78, 5) is 13.6. The van der Waals surface area contributed by atoms with Gasteiger partial charge >= 0.3 is 5.97 Å². The summed E-state index contributed by atoms with van der Waals surface area (Å²) in [7, 11) is 1.38. The van der Waals surface area contributed by atoms with Gasteiger partial charge in [-0.3, -0.25) is 4.90 Å². The van der Waals surface area contributed by atoms with Crippen LogP contribution < -0.4 is 0 Å². The van der Waals surface area contributed by atoms with Gasteiger partial charge in [0.05, 0.1) is 18.3 Å². The lowest BCUT2D eigenvalue weighted by Gasteiger charge is -2.49. The minimum absolute atomic E-state index is 0.269. The van der Waals surface area contributed by atoms with Gasteiger partial charge in [-0.2, -0.15) is 0 Å². The molecule has 1 aliphatic rings. The number of hydrogen-bond acceptors (Lipinski definition) is 4. The van der Waals surface area contributed by atoms with Crippen molar-refractivity contribution in [1.29, 1.82) is 0 Å². The van der Waals surface area contributed by atoms with E-state index in [2.05, 4.69) is 4.90 Å². The molecule has 0 aromatic heterocycles. The van der Waals surface area contributed by atoms with Gasteiger partial charge in [0.1, 0.15) is 0 Å². The smallest absolute Gasteiger partial charge is 0.337 e.